The fourth-order valence-electron chi connectivity index (χ4n) is 11.7. The van der Waals surface area contributed by atoms with Crippen LogP contribution in [0.4, 0.5) is 0 Å². The summed E-state index contributed by atoms with van der Waals surface area (Å²) in [5.41, 5.74) is 3.18. The van der Waals surface area contributed by atoms with Crippen LogP contribution in [0, 0.1) is 27.7 Å². The SMILES string of the molecule is CC(=O)O[C@@H]1[C@@H](OC(C)=O)[C@H](O[C@@H]2CO[C@@H](O[C@@H]3CO[C@@H](O[C@@H]4CO[C@@H](O[C@@H]5CO[C@@H](O)[C@H](OC(=O)c6ccc(C)cc6)[C@H]5OC(=O)c5ccc(C)cc5)[C@H](OC(=O)c5ccc(C)cc5)[C@H]4OC(=O)c4ccc(C)cc4)[C@H](OC(C)=O)[C@H]3OC(C)=O)[C@H](OC(C)=O)[C@H]2OC(C)=O)OC[C@H]1OC(C)=O. The molecule has 32 heteroatoms. The van der Waals surface area contributed by atoms with Gasteiger partial charge in [-0.3, -0.25) is 33.6 Å². The Morgan fingerprint density at radius 2 is 0.456 bits per heavy atom. The average molecular weight is 1450 g/mol. The summed E-state index contributed by atoms with van der Waals surface area (Å²) in [6, 6.07) is 24.8. The number of rotatable bonds is 23. The number of ether oxygens (including phenoxy) is 20. The molecule has 5 saturated heterocycles. The van der Waals surface area contributed by atoms with E-state index in [0.717, 1.165) is 70.7 Å². The largest absolute Gasteiger partial charge is 0.456 e. The lowest BCUT2D eigenvalue weighted by Gasteiger charge is -2.47. The smallest absolute Gasteiger partial charge is 0.338 e. The van der Waals surface area contributed by atoms with Gasteiger partial charge in [0.25, 0.3) is 0 Å². The molecule has 556 valence electrons. The quantitative estimate of drug-likeness (QED) is 0.0811. The van der Waals surface area contributed by atoms with E-state index in [9.17, 15) is 57.8 Å². The first-order valence-corrected chi connectivity index (χ1v) is 32.7. The maximum atomic E-state index is 14.6. The fraction of sp³-hybridized carbons (Fsp3) is 0.507. The van der Waals surface area contributed by atoms with Gasteiger partial charge in [0.2, 0.25) is 0 Å². The first kappa shape index (κ1) is 77.8. The Morgan fingerprint density at radius 3 is 0.728 bits per heavy atom. The average Bonchev–Trinajstić information content (AvgIpc) is 0.778. The molecule has 9 rings (SSSR count). The Balaban J connectivity index is 1.05. The zero-order valence-electron chi connectivity index (χ0n) is 57.9. The second-order valence-corrected chi connectivity index (χ2v) is 24.8. The number of benzene rings is 4. The van der Waals surface area contributed by atoms with Crippen LogP contribution in [0.1, 0.15) is 112 Å². The van der Waals surface area contributed by atoms with Gasteiger partial charge in [0.05, 0.1) is 55.3 Å². The van der Waals surface area contributed by atoms with E-state index >= 15 is 0 Å². The van der Waals surface area contributed by atoms with Crippen LogP contribution in [0.3, 0.4) is 0 Å². The minimum Gasteiger partial charge on any atom is -0.456 e. The summed E-state index contributed by atoms with van der Waals surface area (Å²) < 4.78 is 120. The van der Waals surface area contributed by atoms with Crippen molar-refractivity contribution in [2.24, 2.45) is 0 Å². The number of aryl methyl sites for hydroxylation is 4. The second kappa shape index (κ2) is 35.2. The van der Waals surface area contributed by atoms with Crippen LogP contribution >= 0.6 is 0 Å². The molecule has 0 bridgehead atoms. The summed E-state index contributed by atoms with van der Waals surface area (Å²) >= 11 is 0. The van der Waals surface area contributed by atoms with Crippen LogP contribution in [-0.4, -0.2) is 227 Å². The van der Waals surface area contributed by atoms with Crippen molar-refractivity contribution in [2.75, 3.05) is 33.0 Å². The van der Waals surface area contributed by atoms with Crippen LogP contribution in [0.5, 0.6) is 0 Å². The molecule has 0 aromatic heterocycles. The highest BCUT2D eigenvalue weighted by Gasteiger charge is 2.58. The van der Waals surface area contributed by atoms with E-state index in [1.54, 1.807) is 76.2 Å². The molecule has 0 unspecified atom stereocenters. The molecule has 20 atom stereocenters. The van der Waals surface area contributed by atoms with Gasteiger partial charge in [-0.25, -0.2) is 19.2 Å². The van der Waals surface area contributed by atoms with E-state index in [1.807, 2.05) is 0 Å². The molecule has 5 aliphatic heterocycles. The fourth-order valence-corrected chi connectivity index (χ4v) is 11.7. The van der Waals surface area contributed by atoms with Crippen molar-refractivity contribution in [2.45, 2.75) is 199 Å². The standard InChI is InChI=1S/C71H80O32/c1-33-12-20-44(21-13-33)63(79)100-53-49(28-84-67(83)58(53)102-65(81)46-24-16-35(3)17-25-46)96-71-62(103-66(82)47-26-18-36(4)19-27-47)57(101-64(80)45-22-14-34(2)15-23-45)52(32-88-71)99-70-61(95-43(11)78)56(92-40(8)75)51(31-87-70)98-69-60(94-42(10)77)55(91-39(7)74)50(30-86-69)97-68-59(93-41(9)76)54(90-38(6)73)48(29-85-68)89-37(5)72/h12-27,48-62,67-71,83H,28-32H2,1-11H3/t48-,49-,50-,51-,52-,53+,54+,55+,56+,57+,58-,59-,60-,61-,62-,67-,68+,69+,70+,71+/m1/s1. The molecular weight excluding hydrogens is 1360 g/mol. The second-order valence-electron chi connectivity index (χ2n) is 24.8. The van der Waals surface area contributed by atoms with Gasteiger partial charge in [-0.15, -0.1) is 0 Å². The number of hydrogen-bond donors (Lipinski definition) is 1. The minimum absolute atomic E-state index is 0.0175. The molecule has 5 heterocycles. The molecular formula is C71H80O32. The van der Waals surface area contributed by atoms with Crippen molar-refractivity contribution in [3.63, 3.8) is 0 Å². The Labute approximate surface area is 590 Å². The van der Waals surface area contributed by atoms with Crippen LogP contribution < -0.4 is 0 Å². The van der Waals surface area contributed by atoms with Crippen LogP contribution in [0.2, 0.25) is 0 Å². The molecule has 4 aromatic rings. The highest BCUT2D eigenvalue weighted by molar-refractivity contribution is 5.92. The Morgan fingerprint density at radius 1 is 0.262 bits per heavy atom. The van der Waals surface area contributed by atoms with Crippen LogP contribution in [-0.2, 0) is 128 Å². The summed E-state index contributed by atoms with van der Waals surface area (Å²) in [6.45, 7) is 11.2. The van der Waals surface area contributed by atoms with Gasteiger partial charge in [0.1, 0.15) is 24.4 Å². The summed E-state index contributed by atoms with van der Waals surface area (Å²) in [6.07, 6.45) is -34.7. The Bertz CT molecular complexity index is 3670. The summed E-state index contributed by atoms with van der Waals surface area (Å²) in [5, 5.41) is 11.5. The van der Waals surface area contributed by atoms with Crippen molar-refractivity contribution < 1.29 is 153 Å². The van der Waals surface area contributed by atoms with E-state index in [0.29, 0.717) is 0 Å². The van der Waals surface area contributed by atoms with E-state index in [1.165, 1.54) is 48.5 Å². The first-order valence-electron chi connectivity index (χ1n) is 32.7. The molecule has 5 aliphatic rings. The third-order valence-corrected chi connectivity index (χ3v) is 16.4. The van der Waals surface area contributed by atoms with Crippen LogP contribution in [0.15, 0.2) is 97.1 Å². The highest BCUT2D eigenvalue weighted by atomic mass is 16.8. The van der Waals surface area contributed by atoms with Crippen molar-refractivity contribution in [3.8, 4) is 0 Å². The summed E-state index contributed by atoms with van der Waals surface area (Å²) in [7, 11) is 0. The topological polar surface area (TPSA) is 393 Å². The third-order valence-electron chi connectivity index (χ3n) is 16.4. The van der Waals surface area contributed by atoms with Gasteiger partial charge in [-0.05, 0) is 76.2 Å². The number of aliphatic hydroxyl groups excluding tert-OH is 1. The predicted molar refractivity (Wildman–Crippen MR) is 341 cm³/mol. The normalized spacial score (nSPS) is 29.7. The predicted octanol–water partition coefficient (Wildman–Crippen LogP) is 3.96. The van der Waals surface area contributed by atoms with E-state index in [2.05, 4.69) is 0 Å². The minimum atomic E-state index is -1.95. The number of carbonyl (C=O) groups excluding carboxylic acids is 11. The highest BCUT2D eigenvalue weighted by Crippen LogP contribution is 2.37. The summed E-state index contributed by atoms with van der Waals surface area (Å²) in [4.78, 5) is 147. The number of esters is 11. The lowest BCUT2D eigenvalue weighted by atomic mass is 10.0. The maximum Gasteiger partial charge on any atom is 0.338 e. The third kappa shape index (κ3) is 20.7. The lowest BCUT2D eigenvalue weighted by molar-refractivity contribution is -0.362. The molecule has 103 heavy (non-hydrogen) atoms. The zero-order valence-corrected chi connectivity index (χ0v) is 57.9. The molecule has 0 aliphatic carbocycles. The van der Waals surface area contributed by atoms with Crippen molar-refractivity contribution >= 4 is 65.7 Å². The molecule has 5 fully saturated rings. The zero-order chi connectivity index (χ0) is 74.5. The van der Waals surface area contributed by atoms with Gasteiger partial charge >= 0.3 is 65.7 Å². The van der Waals surface area contributed by atoms with Gasteiger partial charge < -0.3 is 99.8 Å². The van der Waals surface area contributed by atoms with E-state index < -0.39 is 222 Å². The molecule has 0 radical (unpaired) electrons. The van der Waals surface area contributed by atoms with Gasteiger partial charge in [-0.1, -0.05) is 70.8 Å². The van der Waals surface area contributed by atoms with Gasteiger partial charge in [0, 0.05) is 48.5 Å². The molecule has 32 nitrogen and oxygen atoms in total. The molecule has 0 amide bonds. The Kier molecular flexibility index (Phi) is 26.6. The van der Waals surface area contributed by atoms with Gasteiger partial charge in [-0.2, -0.15) is 0 Å². The molecule has 0 spiro atoms. The lowest BCUT2D eigenvalue weighted by Crippen LogP contribution is -2.65. The maximum absolute atomic E-state index is 14.6. The van der Waals surface area contributed by atoms with Gasteiger partial charge in [0.15, 0.2) is 98.6 Å². The molecule has 0 saturated carbocycles. The molecule has 4 aromatic carbocycles. The number of aliphatic hydroxyl groups is 1. The Hall–Kier alpha value is -9.35. The van der Waals surface area contributed by atoms with Crippen molar-refractivity contribution in [1.82, 2.24) is 0 Å². The summed E-state index contributed by atoms with van der Waals surface area (Å²) in [5.74, 6) is -10.5. The van der Waals surface area contributed by atoms with E-state index in [-0.39, 0.29) is 22.3 Å². The van der Waals surface area contributed by atoms with Crippen LogP contribution in [0.25, 0.3) is 0 Å². The van der Waals surface area contributed by atoms with E-state index in [4.69, 9.17) is 94.7 Å². The monoisotopic (exact) mass is 1440 g/mol. The first-order chi connectivity index (χ1) is 49.0. The molecule has 1 N–H and O–H groups in total. The van der Waals surface area contributed by atoms with Crippen molar-refractivity contribution in [3.05, 3.63) is 142 Å². The number of carbonyl (C=O) groups is 11. The number of hydrogen-bond acceptors (Lipinski definition) is 32. The van der Waals surface area contributed by atoms with Crippen molar-refractivity contribution in [1.29, 1.82) is 0 Å².